The van der Waals surface area contributed by atoms with Crippen LogP contribution in [0.1, 0.15) is 105 Å². The third-order valence-corrected chi connectivity index (χ3v) is 11.6. The second-order valence-corrected chi connectivity index (χ2v) is 15.9. The molecule has 2 aromatic heterocycles. The van der Waals surface area contributed by atoms with E-state index in [1.54, 1.807) is 30.3 Å². The number of carbonyl (C=O) groups excluding carboxylic acids is 4. The number of rotatable bonds is 13. The van der Waals surface area contributed by atoms with Gasteiger partial charge < -0.3 is 50.4 Å². The number of nitrogens with one attached hydrogen (secondary N) is 5. The summed E-state index contributed by atoms with van der Waals surface area (Å²) in [5.74, 6) is -0.417. The number of benzene rings is 3. The van der Waals surface area contributed by atoms with E-state index in [0.29, 0.717) is 69.0 Å². The maximum absolute atomic E-state index is 13.7. The van der Waals surface area contributed by atoms with Gasteiger partial charge in [0, 0.05) is 66.1 Å². The number of aromatic amines is 1. The summed E-state index contributed by atoms with van der Waals surface area (Å²) in [6.07, 6.45) is 7.99. The molecule has 1 aliphatic carbocycles. The molecule has 4 aliphatic rings. The first-order chi connectivity index (χ1) is 29.6. The van der Waals surface area contributed by atoms with Gasteiger partial charge in [-0.3, -0.25) is 14.4 Å². The Labute approximate surface area is 353 Å². The number of thiocarbonyl (C=S) groups is 1. The minimum atomic E-state index is -1.35. The van der Waals surface area contributed by atoms with E-state index in [2.05, 4.69) is 41.8 Å². The standard InChI is InChI=1S/C42H41N9O9S/c52-25-8-11-30-34(17-25)58-35-18-26(53)9-12-31(35)42(30)29-10-7-23(15-27(29)40(57)59-42)48-41(61)44-14-4-2-1-3-13-43-38(55)33-16-24(47-37(54)32-20-45-50-49-32)21-51(33)39(56)28-19-46-60-36(28)22-5-6-22/h7-12,15,17-20,22,24,33,52-53H,1-6,13-14,16,21H2,(H,43,55)(H,47,54)(H2,44,48,61)(H,45,49,50)/t24-,33+/m1/s1. The molecule has 0 unspecified atom stereocenters. The van der Waals surface area contributed by atoms with Crippen LogP contribution in [0, 0.1) is 0 Å². The molecule has 3 amide bonds. The molecule has 1 saturated carbocycles. The SMILES string of the molecule is O=C(N[C@@H]1C[C@@H](C(=O)NCCCCCCNC(=S)Nc2ccc3c(c2)C(=O)OC32c3ccc(O)cc3Oc3cc(O)ccc32)N(C(=O)c2cnoc2C2CC2)C1)c1cn[nH]n1. The summed E-state index contributed by atoms with van der Waals surface area (Å²) in [7, 11) is 0. The van der Waals surface area contributed by atoms with E-state index >= 15 is 0 Å². The number of ether oxygens (including phenoxy) is 2. The number of anilines is 1. The Morgan fingerprint density at radius 3 is 2.30 bits per heavy atom. The number of phenolic OH excluding ortho intramolecular Hbond substituents is 2. The molecule has 7 N–H and O–H groups in total. The quantitative estimate of drug-likeness (QED) is 0.0495. The van der Waals surface area contributed by atoms with E-state index < -0.39 is 29.6 Å². The van der Waals surface area contributed by atoms with Crippen molar-refractivity contribution in [3.05, 3.63) is 106 Å². The number of hydrogen-bond acceptors (Lipinski definition) is 13. The Kier molecular flexibility index (Phi) is 10.5. The van der Waals surface area contributed by atoms with Gasteiger partial charge in [-0.2, -0.15) is 15.4 Å². The zero-order valence-electron chi connectivity index (χ0n) is 32.6. The van der Waals surface area contributed by atoms with Crippen LogP contribution in [0.4, 0.5) is 5.69 Å². The topological polar surface area (TPSA) is 246 Å². The highest BCUT2D eigenvalue weighted by Gasteiger charge is 2.54. The van der Waals surface area contributed by atoms with Gasteiger partial charge in [-0.05, 0) is 80.7 Å². The first kappa shape index (κ1) is 39.4. The minimum Gasteiger partial charge on any atom is -0.508 e. The maximum atomic E-state index is 13.7. The van der Waals surface area contributed by atoms with Crippen molar-refractivity contribution in [3.8, 4) is 23.0 Å². The van der Waals surface area contributed by atoms with Gasteiger partial charge in [-0.15, -0.1) is 0 Å². The summed E-state index contributed by atoms with van der Waals surface area (Å²) >= 11 is 5.55. The minimum absolute atomic E-state index is 0.0234. The Morgan fingerprint density at radius 2 is 1.61 bits per heavy atom. The number of H-pyrrole nitrogens is 1. The lowest BCUT2D eigenvalue weighted by Gasteiger charge is -2.36. The third-order valence-electron chi connectivity index (χ3n) is 11.3. The van der Waals surface area contributed by atoms with Gasteiger partial charge >= 0.3 is 5.97 Å². The molecule has 0 radical (unpaired) electrons. The molecule has 5 aromatic rings. The average molecular weight is 848 g/mol. The van der Waals surface area contributed by atoms with Crippen molar-refractivity contribution in [2.24, 2.45) is 0 Å². The van der Waals surface area contributed by atoms with Crippen LogP contribution < -0.4 is 26.0 Å². The van der Waals surface area contributed by atoms with Crippen molar-refractivity contribution in [3.63, 3.8) is 0 Å². The van der Waals surface area contributed by atoms with Crippen LogP contribution in [-0.2, 0) is 15.1 Å². The number of unbranched alkanes of at least 4 members (excludes halogenated alkanes) is 3. The van der Waals surface area contributed by atoms with E-state index in [4.69, 9.17) is 26.2 Å². The predicted octanol–water partition coefficient (Wildman–Crippen LogP) is 4.33. The first-order valence-corrected chi connectivity index (χ1v) is 20.5. The molecule has 1 spiro atoms. The number of carbonyl (C=O) groups is 4. The highest BCUT2D eigenvalue weighted by molar-refractivity contribution is 7.80. The van der Waals surface area contributed by atoms with Gasteiger partial charge in [-0.1, -0.05) is 24.1 Å². The molecule has 3 aliphatic heterocycles. The molecule has 2 atom stereocenters. The molecule has 5 heterocycles. The average Bonchev–Trinajstić information content (AvgIpc) is 3.60. The molecular formula is C42H41N9O9S. The Balaban J connectivity index is 0.748. The lowest BCUT2D eigenvalue weighted by Crippen LogP contribution is -2.46. The fraction of sp³-hybridized carbons (Fsp3) is 0.333. The van der Waals surface area contributed by atoms with Gasteiger partial charge in [0.05, 0.1) is 18.0 Å². The fourth-order valence-corrected chi connectivity index (χ4v) is 8.50. The van der Waals surface area contributed by atoms with Crippen molar-refractivity contribution in [1.29, 1.82) is 0 Å². The molecule has 3 aromatic carbocycles. The fourth-order valence-electron chi connectivity index (χ4n) is 8.28. The number of esters is 1. The number of nitrogens with zero attached hydrogens (tertiary/aromatic N) is 4. The van der Waals surface area contributed by atoms with E-state index in [1.165, 1.54) is 41.6 Å². The van der Waals surface area contributed by atoms with Gasteiger partial charge in [0.15, 0.2) is 22.2 Å². The van der Waals surface area contributed by atoms with Crippen LogP contribution in [0.15, 0.2) is 71.5 Å². The Hall–Kier alpha value is -7.02. The molecule has 18 nitrogen and oxygen atoms in total. The smallest absolute Gasteiger partial charge is 0.340 e. The predicted molar refractivity (Wildman–Crippen MR) is 219 cm³/mol. The summed E-state index contributed by atoms with van der Waals surface area (Å²) in [5, 5.41) is 46.7. The molecule has 2 fully saturated rings. The van der Waals surface area contributed by atoms with Crippen molar-refractivity contribution < 1.29 is 43.4 Å². The van der Waals surface area contributed by atoms with Crippen molar-refractivity contribution in [1.82, 2.24) is 41.4 Å². The van der Waals surface area contributed by atoms with Crippen molar-refractivity contribution in [2.45, 2.75) is 68.5 Å². The van der Waals surface area contributed by atoms with E-state index in [-0.39, 0.29) is 47.9 Å². The van der Waals surface area contributed by atoms with E-state index in [9.17, 15) is 29.4 Å². The van der Waals surface area contributed by atoms with Gasteiger partial charge in [0.1, 0.15) is 34.6 Å². The molecular weight excluding hydrogens is 807 g/mol. The highest BCUT2D eigenvalue weighted by atomic mass is 32.1. The molecule has 9 rings (SSSR count). The summed E-state index contributed by atoms with van der Waals surface area (Å²) in [5.41, 5.74) is 1.67. The number of phenols is 2. The molecule has 61 heavy (non-hydrogen) atoms. The zero-order chi connectivity index (χ0) is 42.3. The van der Waals surface area contributed by atoms with Gasteiger partial charge in [0.2, 0.25) is 5.91 Å². The Morgan fingerprint density at radius 1 is 0.902 bits per heavy atom. The van der Waals surface area contributed by atoms with Crippen LogP contribution in [0.3, 0.4) is 0 Å². The molecule has 19 heteroatoms. The van der Waals surface area contributed by atoms with Crippen LogP contribution in [-0.4, -0.2) is 96.2 Å². The van der Waals surface area contributed by atoms with E-state index in [0.717, 1.165) is 38.5 Å². The number of aromatic nitrogens is 4. The van der Waals surface area contributed by atoms with Crippen LogP contribution in [0.2, 0.25) is 0 Å². The van der Waals surface area contributed by atoms with E-state index in [1.807, 2.05) is 0 Å². The second kappa shape index (κ2) is 16.2. The largest absolute Gasteiger partial charge is 0.508 e. The number of fused-ring (bicyclic) bond motifs is 6. The molecule has 0 bridgehead atoms. The second-order valence-electron chi connectivity index (χ2n) is 15.5. The first-order valence-electron chi connectivity index (χ1n) is 20.1. The zero-order valence-corrected chi connectivity index (χ0v) is 33.4. The third kappa shape index (κ3) is 7.67. The number of hydrogen-bond donors (Lipinski definition) is 7. The monoisotopic (exact) mass is 847 g/mol. The van der Waals surface area contributed by atoms with Crippen molar-refractivity contribution >= 4 is 46.7 Å². The number of amides is 3. The lowest BCUT2D eigenvalue weighted by atomic mass is 9.77. The highest BCUT2D eigenvalue weighted by Crippen LogP contribution is 2.57. The van der Waals surface area contributed by atoms with Gasteiger partial charge in [-0.25, -0.2) is 4.79 Å². The summed E-state index contributed by atoms with van der Waals surface area (Å²) in [4.78, 5) is 54.9. The Bertz CT molecular complexity index is 2490. The number of aromatic hydroxyl groups is 2. The molecule has 1 saturated heterocycles. The summed E-state index contributed by atoms with van der Waals surface area (Å²) in [6, 6.07) is 13.2. The van der Waals surface area contributed by atoms with Crippen molar-refractivity contribution in [2.75, 3.05) is 25.0 Å². The molecule has 314 valence electrons. The maximum Gasteiger partial charge on any atom is 0.340 e. The van der Waals surface area contributed by atoms with Crippen LogP contribution in [0.5, 0.6) is 23.0 Å². The van der Waals surface area contributed by atoms with Crippen LogP contribution in [0.25, 0.3) is 0 Å². The number of likely N-dealkylation sites (tertiary alicyclic amines) is 1. The normalized spacial score (nSPS) is 18.0. The van der Waals surface area contributed by atoms with Crippen LogP contribution >= 0.6 is 12.2 Å². The summed E-state index contributed by atoms with van der Waals surface area (Å²) in [6.45, 7) is 1.14. The van der Waals surface area contributed by atoms with Gasteiger partial charge in [0.25, 0.3) is 11.8 Å². The summed E-state index contributed by atoms with van der Waals surface area (Å²) < 4.78 is 17.6. The lowest BCUT2D eigenvalue weighted by molar-refractivity contribution is -0.124.